The standard InChI is InChI=1S/C24H24F3N9O/c25-24(26,27)12-22(37)36-7-5-35(6-8-36)13-15-3-4-29-21(9-15)34-23-32-17-2-1-16(10-19(17)33-23)18-11-20(28)31-14-30-18/h1-4,9-11,14H,5-8,12-13H2,(H2,28,30,31)(H2,29,32,33,34)/p+1. The van der Waals surface area contributed by atoms with Crippen LogP contribution in [0.3, 0.4) is 0 Å². The van der Waals surface area contributed by atoms with Gasteiger partial charge in [-0.25, -0.2) is 20.3 Å². The topological polar surface area (TPSA) is 134 Å². The Labute approximate surface area is 209 Å². The maximum atomic E-state index is 12.5. The van der Waals surface area contributed by atoms with Gasteiger partial charge in [-0.05, 0) is 23.8 Å². The molecule has 1 fully saturated rings. The summed E-state index contributed by atoms with van der Waals surface area (Å²) in [5.41, 5.74) is 10.0. The Balaban J connectivity index is 1.21. The lowest BCUT2D eigenvalue weighted by atomic mass is 10.1. The predicted molar refractivity (Wildman–Crippen MR) is 130 cm³/mol. The quantitative estimate of drug-likeness (QED) is 0.360. The van der Waals surface area contributed by atoms with E-state index < -0.39 is 18.5 Å². The van der Waals surface area contributed by atoms with Crippen molar-refractivity contribution in [2.75, 3.05) is 31.9 Å². The number of anilines is 1. The van der Waals surface area contributed by atoms with Gasteiger partial charge in [-0.2, -0.15) is 18.2 Å². The molecule has 5 N–H and O–H groups in total. The van der Waals surface area contributed by atoms with E-state index in [1.807, 2.05) is 35.6 Å². The number of amides is 1. The number of aromatic amines is 1. The van der Waals surface area contributed by atoms with Crippen LogP contribution in [0.1, 0.15) is 12.0 Å². The second-order valence-electron chi connectivity index (χ2n) is 8.86. The monoisotopic (exact) mass is 512 g/mol. The number of benzene rings is 1. The van der Waals surface area contributed by atoms with Crippen molar-refractivity contribution in [3.8, 4) is 11.3 Å². The number of hydrogen-bond donors (Lipinski definition) is 3. The molecule has 0 radical (unpaired) electrons. The molecule has 0 saturated carbocycles. The summed E-state index contributed by atoms with van der Waals surface area (Å²) in [5, 5.41) is 1.85. The van der Waals surface area contributed by atoms with Crippen LogP contribution in [0.15, 0.2) is 48.9 Å². The van der Waals surface area contributed by atoms with Crippen molar-refractivity contribution in [3.63, 3.8) is 0 Å². The number of quaternary nitrogens is 1. The Bertz CT molecular complexity index is 1410. The second kappa shape index (κ2) is 10.1. The smallest absolute Gasteiger partial charge is 0.384 e. The van der Waals surface area contributed by atoms with Crippen LogP contribution in [-0.2, 0) is 11.3 Å². The number of piperazine rings is 1. The first-order chi connectivity index (χ1) is 17.7. The van der Waals surface area contributed by atoms with Crippen LogP contribution in [0.2, 0.25) is 0 Å². The Morgan fingerprint density at radius 1 is 1.05 bits per heavy atom. The van der Waals surface area contributed by atoms with E-state index in [4.69, 9.17) is 5.73 Å². The van der Waals surface area contributed by atoms with Crippen LogP contribution in [0.25, 0.3) is 22.3 Å². The molecule has 1 aromatic carbocycles. The number of carbonyl (C=O) groups excluding carboxylic acids is 1. The highest BCUT2D eigenvalue weighted by molar-refractivity contribution is 5.82. The van der Waals surface area contributed by atoms with Crippen molar-refractivity contribution in [1.29, 1.82) is 0 Å². The summed E-state index contributed by atoms with van der Waals surface area (Å²) in [6, 6.07) is 11.3. The van der Waals surface area contributed by atoms with Gasteiger partial charge in [0.2, 0.25) is 11.7 Å². The number of alkyl halides is 3. The summed E-state index contributed by atoms with van der Waals surface area (Å²) in [6.45, 7) is 2.18. The summed E-state index contributed by atoms with van der Waals surface area (Å²) in [4.78, 5) is 35.7. The first kappa shape index (κ1) is 24.6. The molecule has 4 heterocycles. The normalized spacial score (nSPS) is 14.8. The van der Waals surface area contributed by atoms with E-state index in [0.717, 1.165) is 33.7 Å². The summed E-state index contributed by atoms with van der Waals surface area (Å²) < 4.78 is 37.5. The molecule has 5 rings (SSSR count). The van der Waals surface area contributed by atoms with E-state index in [9.17, 15) is 18.0 Å². The maximum absolute atomic E-state index is 12.5. The fourth-order valence-corrected chi connectivity index (χ4v) is 4.30. The van der Waals surface area contributed by atoms with Gasteiger partial charge in [0, 0.05) is 56.6 Å². The van der Waals surface area contributed by atoms with Crippen molar-refractivity contribution in [1.82, 2.24) is 34.7 Å². The number of rotatable bonds is 6. The third-order valence-electron chi connectivity index (χ3n) is 6.10. The number of nitrogens with one attached hydrogen (secondary N) is 1. The molecule has 0 spiro atoms. The summed E-state index contributed by atoms with van der Waals surface area (Å²) in [5.74, 6) is 0.897. The van der Waals surface area contributed by atoms with E-state index in [-0.39, 0.29) is 13.1 Å². The number of nitrogen functional groups attached to an aromatic ring is 1. The van der Waals surface area contributed by atoms with Gasteiger partial charge < -0.3 is 10.6 Å². The third-order valence-corrected chi connectivity index (χ3v) is 6.10. The van der Waals surface area contributed by atoms with Crippen LogP contribution in [0.4, 0.5) is 30.8 Å². The van der Waals surface area contributed by atoms with Gasteiger partial charge in [-0.1, -0.05) is 6.07 Å². The molecule has 192 valence electrons. The van der Waals surface area contributed by atoms with Gasteiger partial charge in [0.25, 0.3) is 0 Å². The van der Waals surface area contributed by atoms with Crippen LogP contribution < -0.4 is 11.1 Å². The molecule has 1 saturated heterocycles. The Morgan fingerprint density at radius 2 is 1.86 bits per heavy atom. The largest absolute Gasteiger partial charge is 0.397 e. The molecule has 0 unspecified atom stereocenters. The lowest BCUT2D eigenvalue weighted by molar-refractivity contribution is -0.490. The third kappa shape index (κ3) is 6.19. The summed E-state index contributed by atoms with van der Waals surface area (Å²) in [6.07, 6.45) is -2.75. The average Bonchev–Trinajstić information content (AvgIpc) is 3.25. The molecular formula is C24H25F3N9O+. The molecule has 3 aromatic heterocycles. The molecule has 10 nitrogen and oxygen atoms in total. The highest BCUT2D eigenvalue weighted by Gasteiger charge is 2.34. The van der Waals surface area contributed by atoms with E-state index in [1.165, 1.54) is 11.2 Å². The van der Waals surface area contributed by atoms with E-state index >= 15 is 0 Å². The number of hydrogen-bond acceptors (Lipinski definition) is 7. The number of aromatic nitrogens is 5. The zero-order valence-corrected chi connectivity index (χ0v) is 19.7. The van der Waals surface area contributed by atoms with Gasteiger partial charge in [0.15, 0.2) is 0 Å². The van der Waals surface area contributed by atoms with Crippen molar-refractivity contribution in [2.45, 2.75) is 19.1 Å². The Morgan fingerprint density at radius 3 is 2.62 bits per heavy atom. The second-order valence-corrected chi connectivity index (χ2v) is 8.86. The molecule has 1 aliphatic rings. The summed E-state index contributed by atoms with van der Waals surface area (Å²) in [7, 11) is 0. The van der Waals surface area contributed by atoms with Crippen LogP contribution >= 0.6 is 0 Å². The lowest BCUT2D eigenvalue weighted by Crippen LogP contribution is -2.72. The number of pyridine rings is 1. The maximum Gasteiger partial charge on any atom is 0.397 e. The highest BCUT2D eigenvalue weighted by atomic mass is 19.4. The number of nitrogens with two attached hydrogens (primary N) is 2. The highest BCUT2D eigenvalue weighted by Crippen LogP contribution is 2.23. The van der Waals surface area contributed by atoms with Crippen molar-refractivity contribution >= 4 is 34.5 Å². The van der Waals surface area contributed by atoms with Gasteiger partial charge in [-0.3, -0.25) is 14.7 Å². The molecule has 0 aliphatic carbocycles. The predicted octanol–water partition coefficient (Wildman–Crippen LogP) is 2.12. The first-order valence-corrected chi connectivity index (χ1v) is 11.7. The molecule has 1 amide bonds. The zero-order valence-electron chi connectivity index (χ0n) is 19.7. The fourth-order valence-electron chi connectivity index (χ4n) is 4.30. The van der Waals surface area contributed by atoms with Crippen molar-refractivity contribution in [2.24, 2.45) is 0 Å². The van der Waals surface area contributed by atoms with Crippen LogP contribution in [0, 0.1) is 0 Å². The molecule has 0 atom stereocenters. The van der Waals surface area contributed by atoms with E-state index in [2.05, 4.69) is 29.8 Å². The molecule has 0 bridgehead atoms. The van der Waals surface area contributed by atoms with E-state index in [1.54, 1.807) is 12.3 Å². The van der Waals surface area contributed by atoms with Gasteiger partial charge in [0.05, 0.1) is 16.7 Å². The average molecular weight is 513 g/mol. The fraction of sp³-hybridized carbons (Fsp3) is 0.292. The summed E-state index contributed by atoms with van der Waals surface area (Å²) >= 11 is 0. The van der Waals surface area contributed by atoms with Crippen LogP contribution in [-0.4, -0.2) is 73.0 Å². The number of halogens is 3. The van der Waals surface area contributed by atoms with E-state index in [0.29, 0.717) is 31.4 Å². The number of imidazole rings is 1. The van der Waals surface area contributed by atoms with Gasteiger partial charge >= 0.3 is 12.1 Å². The number of carbonyl (C=O) groups is 1. The van der Waals surface area contributed by atoms with Gasteiger partial charge in [-0.15, -0.1) is 0 Å². The van der Waals surface area contributed by atoms with Gasteiger partial charge in [0.1, 0.15) is 18.6 Å². The molecule has 37 heavy (non-hydrogen) atoms. The minimum Gasteiger partial charge on any atom is -0.384 e. The Kier molecular flexibility index (Phi) is 6.72. The molecule has 13 heteroatoms. The lowest BCUT2D eigenvalue weighted by Gasteiger charge is -2.34. The Hall–Kier alpha value is -4.10. The minimum absolute atomic E-state index is 0.279. The molecule has 1 aliphatic heterocycles. The first-order valence-electron chi connectivity index (χ1n) is 11.7. The SMILES string of the molecule is Nc1cc(-c2ccc3nc([NH2+]c4cc(CN5CCN(C(=O)CC(F)(F)F)CC5)ccn4)[nH]c3c2)ncn1. The molecular weight excluding hydrogens is 487 g/mol. The number of H-pyrrole nitrogens is 1. The van der Waals surface area contributed by atoms with Crippen molar-refractivity contribution in [3.05, 3.63) is 54.5 Å². The number of fused-ring (bicyclic) bond motifs is 1. The number of nitrogens with zero attached hydrogens (tertiary/aromatic N) is 6. The zero-order chi connectivity index (χ0) is 26.0. The molecule has 4 aromatic rings. The van der Waals surface area contributed by atoms with Crippen LogP contribution in [0.5, 0.6) is 0 Å². The minimum atomic E-state index is -4.48. The van der Waals surface area contributed by atoms with Crippen molar-refractivity contribution < 1.29 is 23.3 Å².